The van der Waals surface area contributed by atoms with Crippen LogP contribution >= 0.6 is 0 Å². The van der Waals surface area contributed by atoms with Crippen molar-refractivity contribution >= 4 is 40.7 Å². The Hall–Kier alpha value is -5.06. The molecule has 3 aliphatic rings. The smallest absolute Gasteiger partial charge is 0.335 e. The molecule has 2 heterocycles. The number of nitriles is 1. The van der Waals surface area contributed by atoms with E-state index in [0.29, 0.717) is 23.3 Å². The molecule has 2 aliphatic heterocycles. The summed E-state index contributed by atoms with van der Waals surface area (Å²) < 4.78 is 1.82. The van der Waals surface area contributed by atoms with Gasteiger partial charge in [0.2, 0.25) is 5.69 Å². The number of carbonyl (C=O) groups excluding carboxylic acids is 1. The SMILES string of the molecule is CN1/C(=C\C2=C(C(=C=[N-])C#N)C(CC3=[N+](CCC(=O)O)c4ccc(C(=O)O)cc4C3)C2=O)C(C)(C)c2ccccc21. The summed E-state index contributed by atoms with van der Waals surface area (Å²) in [6.45, 7) is 4.28. The molecular formula is C32H28N4O5. The number of hydrogen-bond acceptors (Lipinski definition) is 5. The number of ketones is 1. The number of benzene rings is 2. The van der Waals surface area contributed by atoms with Crippen molar-refractivity contribution in [1.82, 2.24) is 0 Å². The van der Waals surface area contributed by atoms with Crippen LogP contribution in [-0.2, 0) is 21.4 Å². The van der Waals surface area contributed by atoms with Gasteiger partial charge in [-0.15, -0.1) is 0 Å². The molecule has 0 spiro atoms. The van der Waals surface area contributed by atoms with Gasteiger partial charge in [-0.1, -0.05) is 32.0 Å². The van der Waals surface area contributed by atoms with Crippen LogP contribution in [0, 0.1) is 17.2 Å². The molecule has 9 heteroatoms. The van der Waals surface area contributed by atoms with E-state index in [9.17, 15) is 35.3 Å². The first-order valence-electron chi connectivity index (χ1n) is 13.2. The second kappa shape index (κ2) is 10.2. The number of allylic oxidation sites excluding steroid dienone is 5. The monoisotopic (exact) mass is 548 g/mol. The third-order valence-electron chi connectivity index (χ3n) is 8.32. The Morgan fingerprint density at radius 3 is 2.59 bits per heavy atom. The number of para-hydroxylation sites is 1. The number of fused-ring (bicyclic) bond motifs is 2. The molecule has 2 N–H and O–H groups in total. The van der Waals surface area contributed by atoms with Crippen molar-refractivity contribution in [3.63, 3.8) is 0 Å². The molecule has 0 aromatic heterocycles. The van der Waals surface area contributed by atoms with E-state index in [1.54, 1.807) is 18.2 Å². The van der Waals surface area contributed by atoms with Crippen LogP contribution in [0.3, 0.4) is 0 Å². The Bertz CT molecular complexity index is 1730. The average molecular weight is 549 g/mol. The molecule has 2 aromatic rings. The van der Waals surface area contributed by atoms with Crippen molar-refractivity contribution in [2.24, 2.45) is 5.92 Å². The minimum atomic E-state index is -1.07. The number of anilines is 1. The predicted molar refractivity (Wildman–Crippen MR) is 153 cm³/mol. The number of hydrogen-bond donors (Lipinski definition) is 2. The number of aliphatic carboxylic acids is 1. The number of carboxylic acids is 2. The lowest BCUT2D eigenvalue weighted by molar-refractivity contribution is -0.438. The highest BCUT2D eigenvalue weighted by Gasteiger charge is 2.46. The lowest BCUT2D eigenvalue weighted by atomic mass is 9.69. The van der Waals surface area contributed by atoms with Gasteiger partial charge in [-0.2, -0.15) is 9.84 Å². The lowest BCUT2D eigenvalue weighted by Crippen LogP contribution is -2.36. The second-order valence-electron chi connectivity index (χ2n) is 11.0. The molecule has 0 radical (unpaired) electrons. The number of rotatable bonds is 8. The summed E-state index contributed by atoms with van der Waals surface area (Å²) in [7, 11) is 1.93. The van der Waals surface area contributed by atoms with Gasteiger partial charge in [-0.05, 0) is 35.4 Å². The minimum absolute atomic E-state index is 0.117. The van der Waals surface area contributed by atoms with Gasteiger partial charge in [-0.3, -0.25) is 15.5 Å². The fourth-order valence-electron chi connectivity index (χ4n) is 6.27. The summed E-state index contributed by atoms with van der Waals surface area (Å²) in [6.07, 6.45) is 2.16. The van der Waals surface area contributed by atoms with Crippen molar-refractivity contribution in [2.75, 3.05) is 18.5 Å². The van der Waals surface area contributed by atoms with Crippen molar-refractivity contribution in [1.29, 1.82) is 5.26 Å². The third kappa shape index (κ3) is 4.48. The van der Waals surface area contributed by atoms with Crippen LogP contribution in [0.4, 0.5) is 11.4 Å². The second-order valence-corrected chi connectivity index (χ2v) is 11.0. The van der Waals surface area contributed by atoms with E-state index >= 15 is 0 Å². The molecule has 1 aliphatic carbocycles. The Morgan fingerprint density at radius 1 is 1.22 bits per heavy atom. The maximum atomic E-state index is 13.7. The molecule has 1 unspecified atom stereocenters. The lowest BCUT2D eigenvalue weighted by Gasteiger charge is -2.32. The number of aromatic carboxylic acids is 1. The Labute approximate surface area is 237 Å². The third-order valence-corrected chi connectivity index (χ3v) is 8.32. The fourth-order valence-corrected chi connectivity index (χ4v) is 6.27. The molecule has 0 saturated heterocycles. The van der Waals surface area contributed by atoms with Gasteiger partial charge in [0.1, 0.15) is 12.5 Å². The number of Topliss-reactive ketones (excluding diaryl/α,β-unsaturated/α-hetero) is 1. The van der Waals surface area contributed by atoms with E-state index in [0.717, 1.165) is 28.2 Å². The molecule has 0 amide bonds. The van der Waals surface area contributed by atoms with Crippen LogP contribution < -0.4 is 4.90 Å². The van der Waals surface area contributed by atoms with Gasteiger partial charge >= 0.3 is 11.9 Å². The summed E-state index contributed by atoms with van der Waals surface area (Å²) in [6, 6.07) is 14.6. The molecule has 5 rings (SSSR count). The highest BCUT2D eigenvalue weighted by molar-refractivity contribution is 6.14. The van der Waals surface area contributed by atoms with Crippen molar-refractivity contribution in [3.05, 3.63) is 93.1 Å². The van der Waals surface area contributed by atoms with Gasteiger partial charge in [-0.25, -0.2) is 4.79 Å². The fraction of sp³-hybridized carbons (Fsp3) is 0.281. The maximum absolute atomic E-state index is 13.7. The van der Waals surface area contributed by atoms with Crippen LogP contribution in [0.5, 0.6) is 0 Å². The first-order chi connectivity index (χ1) is 19.5. The topological polar surface area (TPSA) is 144 Å². The van der Waals surface area contributed by atoms with E-state index in [2.05, 4.69) is 13.8 Å². The van der Waals surface area contributed by atoms with E-state index in [1.807, 2.05) is 52.7 Å². The first-order valence-corrected chi connectivity index (χ1v) is 13.2. The summed E-state index contributed by atoms with van der Waals surface area (Å²) in [5, 5.41) is 38.4. The van der Waals surface area contributed by atoms with Crippen LogP contribution in [-0.4, -0.2) is 57.7 Å². The van der Waals surface area contributed by atoms with E-state index in [4.69, 9.17) is 0 Å². The van der Waals surface area contributed by atoms with Gasteiger partial charge in [0.05, 0.1) is 23.5 Å². The van der Waals surface area contributed by atoms with Gasteiger partial charge in [0.15, 0.2) is 18.0 Å². The zero-order valence-electron chi connectivity index (χ0n) is 22.9. The van der Waals surface area contributed by atoms with Gasteiger partial charge in [0.25, 0.3) is 0 Å². The van der Waals surface area contributed by atoms with Crippen LogP contribution in [0.2, 0.25) is 0 Å². The Morgan fingerprint density at radius 2 is 1.95 bits per heavy atom. The Balaban J connectivity index is 1.56. The van der Waals surface area contributed by atoms with Crippen molar-refractivity contribution in [3.8, 4) is 6.07 Å². The van der Waals surface area contributed by atoms with Crippen LogP contribution in [0.25, 0.3) is 5.41 Å². The van der Waals surface area contributed by atoms with E-state index in [-0.39, 0.29) is 36.3 Å². The summed E-state index contributed by atoms with van der Waals surface area (Å²) >= 11 is 0. The summed E-state index contributed by atoms with van der Waals surface area (Å²) in [4.78, 5) is 38.7. The molecule has 41 heavy (non-hydrogen) atoms. The molecular weight excluding hydrogens is 520 g/mol. The average Bonchev–Trinajstić information content (AvgIpc) is 3.39. The number of carbonyl (C=O) groups is 3. The largest absolute Gasteiger partial charge is 0.762 e. The Kier molecular flexibility index (Phi) is 6.82. The summed E-state index contributed by atoms with van der Waals surface area (Å²) in [5.41, 5.74) is 5.47. The molecule has 0 fully saturated rings. The number of likely N-dealkylation sites (N-methyl/N-ethyl adjacent to an activating group) is 1. The minimum Gasteiger partial charge on any atom is -0.762 e. The van der Waals surface area contributed by atoms with Crippen LogP contribution in [0.15, 0.2) is 71.0 Å². The normalized spacial score (nSPS) is 19.5. The van der Waals surface area contributed by atoms with Crippen LogP contribution in [0.1, 0.15) is 48.2 Å². The number of nitrogens with zero attached hydrogens (tertiary/aromatic N) is 4. The van der Waals surface area contributed by atoms with Gasteiger partial charge in [0, 0.05) is 47.5 Å². The molecule has 0 saturated carbocycles. The zero-order chi connectivity index (χ0) is 29.6. The maximum Gasteiger partial charge on any atom is 0.335 e. The number of carboxylic acid groups (broad SMARTS) is 2. The standard InChI is InChI=1S/C32H28N4O5/c1-32(2)24-6-4-5-7-26(24)35(3)27(32)15-23-29(20(16-33)17-34)22(30(23)39)14-21-13-19-12-18(31(40)41)8-9-25(19)36(21)11-10-28(37)38/h4-9,12,15,22H,10-11,13-14H2,1-3H3,(H,37,38)(H,40,41)/b27-15-. The molecule has 2 aromatic carbocycles. The molecule has 206 valence electrons. The quantitative estimate of drug-likeness (QED) is 0.283. The highest BCUT2D eigenvalue weighted by Crippen LogP contribution is 2.49. The van der Waals surface area contributed by atoms with E-state index in [1.165, 1.54) is 6.07 Å². The van der Waals surface area contributed by atoms with Gasteiger partial charge < -0.3 is 20.5 Å². The molecule has 0 bridgehead atoms. The predicted octanol–water partition coefficient (Wildman–Crippen LogP) is 4.39. The first kappa shape index (κ1) is 27.5. The van der Waals surface area contributed by atoms with E-state index < -0.39 is 23.3 Å². The molecule has 9 nitrogen and oxygen atoms in total. The van der Waals surface area contributed by atoms with Crippen molar-refractivity contribution in [2.45, 2.75) is 38.5 Å². The zero-order valence-corrected chi connectivity index (χ0v) is 22.9. The molecule has 1 atom stereocenters. The summed E-state index contributed by atoms with van der Waals surface area (Å²) in [5.74, 6) is -1.03. The van der Waals surface area contributed by atoms with Crippen molar-refractivity contribution < 1.29 is 29.2 Å². The highest BCUT2D eigenvalue weighted by atomic mass is 16.4.